The first kappa shape index (κ1) is 31.7. The minimum atomic E-state index is -2.90. The van der Waals surface area contributed by atoms with Gasteiger partial charge in [0, 0.05) is 0 Å². The zero-order valence-corrected chi connectivity index (χ0v) is 24.4. The smallest absolute Gasteiger partial charge is 0.341 e. The number of hydrogen-bond acceptors (Lipinski definition) is 8. The summed E-state index contributed by atoms with van der Waals surface area (Å²) in [7, 11) is 0. The number of carbonyl (C=O) groups excluding carboxylic acids is 4. The molecule has 0 aliphatic rings. The summed E-state index contributed by atoms with van der Waals surface area (Å²) in [5.41, 5.74) is -2.90. The Balaban J connectivity index is 1.88. The maximum atomic E-state index is 14.4. The molecule has 0 saturated carbocycles. The van der Waals surface area contributed by atoms with Crippen LogP contribution in [0.1, 0.15) is 39.0 Å². The van der Waals surface area contributed by atoms with E-state index in [1.54, 1.807) is 84.9 Å². The van der Waals surface area contributed by atoms with E-state index < -0.39 is 35.2 Å². The summed E-state index contributed by atoms with van der Waals surface area (Å²) in [4.78, 5) is 57.1. The maximum Gasteiger partial charge on any atom is 0.341 e. The van der Waals surface area contributed by atoms with E-state index in [4.69, 9.17) is 18.9 Å². The minimum absolute atomic E-state index is 0.0584. The van der Waals surface area contributed by atoms with Gasteiger partial charge in [0.25, 0.3) is 5.41 Å². The SMILES string of the molecule is CCCCCCC(C(=O)Oc1ccccc1)C(C(=O)Oc1ccccc1)(C(=O)Oc1ccccc1)C(=O)Oc1ccccc1. The van der Waals surface area contributed by atoms with Crippen molar-refractivity contribution in [3.8, 4) is 23.0 Å². The van der Waals surface area contributed by atoms with E-state index in [-0.39, 0.29) is 29.4 Å². The van der Waals surface area contributed by atoms with Crippen LogP contribution in [0.3, 0.4) is 0 Å². The molecule has 0 aliphatic carbocycles. The Kier molecular flexibility index (Phi) is 11.4. The molecule has 8 heteroatoms. The molecule has 0 radical (unpaired) electrons. The number of carbonyl (C=O) groups is 4. The fourth-order valence-electron chi connectivity index (χ4n) is 4.67. The molecule has 0 aromatic heterocycles. The van der Waals surface area contributed by atoms with E-state index >= 15 is 0 Å². The minimum Gasteiger partial charge on any atom is -0.426 e. The Morgan fingerprint density at radius 2 is 0.841 bits per heavy atom. The van der Waals surface area contributed by atoms with Crippen molar-refractivity contribution in [2.75, 3.05) is 0 Å². The van der Waals surface area contributed by atoms with Crippen LogP contribution in [0.4, 0.5) is 0 Å². The molecule has 1 unspecified atom stereocenters. The van der Waals surface area contributed by atoms with Crippen LogP contribution in [0.5, 0.6) is 23.0 Å². The molecular formula is C36H34O8. The molecule has 8 nitrogen and oxygen atoms in total. The number of para-hydroxylation sites is 4. The average molecular weight is 595 g/mol. The molecule has 0 aliphatic heterocycles. The lowest BCUT2D eigenvalue weighted by Gasteiger charge is -2.33. The van der Waals surface area contributed by atoms with Gasteiger partial charge in [0.1, 0.15) is 23.0 Å². The summed E-state index contributed by atoms with van der Waals surface area (Å²) < 4.78 is 22.7. The van der Waals surface area contributed by atoms with Gasteiger partial charge in [-0.25, -0.2) is 14.4 Å². The molecule has 0 N–H and O–H groups in total. The van der Waals surface area contributed by atoms with Gasteiger partial charge in [-0.05, 0) is 55.0 Å². The third-order valence-corrected chi connectivity index (χ3v) is 6.94. The third-order valence-electron chi connectivity index (χ3n) is 6.94. The van der Waals surface area contributed by atoms with Gasteiger partial charge in [0.15, 0.2) is 0 Å². The molecule has 4 aromatic rings. The fourth-order valence-corrected chi connectivity index (χ4v) is 4.67. The van der Waals surface area contributed by atoms with Crippen LogP contribution in [0.25, 0.3) is 0 Å². The monoisotopic (exact) mass is 594 g/mol. The maximum absolute atomic E-state index is 14.4. The first-order valence-electron chi connectivity index (χ1n) is 14.5. The number of hydrogen-bond donors (Lipinski definition) is 0. The van der Waals surface area contributed by atoms with Gasteiger partial charge in [0.2, 0.25) is 0 Å². The Bertz CT molecular complexity index is 1380. The number of rotatable bonds is 14. The second-order valence-corrected chi connectivity index (χ2v) is 10.1. The normalized spacial score (nSPS) is 11.6. The summed E-state index contributed by atoms with van der Waals surface area (Å²) in [6.45, 7) is 2.02. The van der Waals surface area contributed by atoms with E-state index in [9.17, 15) is 19.2 Å². The van der Waals surface area contributed by atoms with Gasteiger partial charge < -0.3 is 18.9 Å². The molecule has 0 spiro atoms. The topological polar surface area (TPSA) is 105 Å². The quantitative estimate of drug-likeness (QED) is 0.0666. The lowest BCUT2D eigenvalue weighted by atomic mass is 9.72. The van der Waals surface area contributed by atoms with E-state index in [0.29, 0.717) is 12.8 Å². The Hall–Kier alpha value is -5.24. The highest BCUT2D eigenvalue weighted by Gasteiger charge is 2.66. The summed E-state index contributed by atoms with van der Waals surface area (Å²) in [6, 6.07) is 32.0. The highest BCUT2D eigenvalue weighted by Crippen LogP contribution is 2.39. The average Bonchev–Trinajstić information content (AvgIpc) is 3.04. The largest absolute Gasteiger partial charge is 0.426 e. The van der Waals surface area contributed by atoms with Crippen molar-refractivity contribution < 1.29 is 38.1 Å². The molecule has 0 fully saturated rings. The number of benzene rings is 4. The van der Waals surface area contributed by atoms with Crippen molar-refractivity contribution >= 4 is 23.9 Å². The summed E-state index contributed by atoms with van der Waals surface area (Å²) in [5, 5.41) is 0. The van der Waals surface area contributed by atoms with E-state index in [1.165, 1.54) is 36.4 Å². The second kappa shape index (κ2) is 15.8. The van der Waals surface area contributed by atoms with Crippen LogP contribution in [-0.2, 0) is 19.2 Å². The Labute approximate surface area is 256 Å². The predicted molar refractivity (Wildman–Crippen MR) is 163 cm³/mol. The molecule has 0 amide bonds. The van der Waals surface area contributed by atoms with Gasteiger partial charge in [0.05, 0.1) is 5.92 Å². The molecule has 0 heterocycles. The summed E-state index contributed by atoms with van der Waals surface area (Å²) in [6.07, 6.45) is 2.75. The van der Waals surface area contributed by atoms with Crippen LogP contribution < -0.4 is 18.9 Å². The predicted octanol–water partition coefficient (Wildman–Crippen LogP) is 6.98. The van der Waals surface area contributed by atoms with Crippen molar-refractivity contribution in [1.82, 2.24) is 0 Å². The standard InChI is InChI=1S/C36H34O8/c1-2-3-4-17-26-31(32(37)41-27-18-9-5-10-19-27)36(33(38)42-28-20-11-6-12-21-28,34(39)43-29-22-13-7-14-23-29)35(40)44-30-24-15-8-16-25-30/h5-16,18-25,31H,2-4,17,26H2,1H3. The van der Waals surface area contributed by atoms with E-state index in [2.05, 4.69) is 0 Å². The first-order chi connectivity index (χ1) is 21.4. The van der Waals surface area contributed by atoms with Gasteiger partial charge in [-0.3, -0.25) is 4.79 Å². The lowest BCUT2D eigenvalue weighted by Crippen LogP contribution is -2.59. The van der Waals surface area contributed by atoms with E-state index in [1.807, 2.05) is 6.92 Å². The molecule has 0 bridgehead atoms. The van der Waals surface area contributed by atoms with Crippen LogP contribution in [0, 0.1) is 11.3 Å². The Morgan fingerprint density at radius 1 is 0.500 bits per heavy atom. The van der Waals surface area contributed by atoms with Crippen LogP contribution in [-0.4, -0.2) is 23.9 Å². The molecule has 44 heavy (non-hydrogen) atoms. The second-order valence-electron chi connectivity index (χ2n) is 10.1. The lowest BCUT2D eigenvalue weighted by molar-refractivity contribution is -0.181. The van der Waals surface area contributed by atoms with Crippen LogP contribution in [0.15, 0.2) is 121 Å². The zero-order chi connectivity index (χ0) is 31.2. The van der Waals surface area contributed by atoms with Crippen molar-refractivity contribution in [3.05, 3.63) is 121 Å². The molecule has 226 valence electrons. The fraction of sp³-hybridized carbons (Fsp3) is 0.222. The van der Waals surface area contributed by atoms with E-state index in [0.717, 1.165) is 12.8 Å². The molecule has 1 atom stereocenters. The van der Waals surface area contributed by atoms with Crippen molar-refractivity contribution in [2.45, 2.75) is 39.0 Å². The number of ether oxygens (including phenoxy) is 4. The zero-order valence-electron chi connectivity index (χ0n) is 24.4. The first-order valence-corrected chi connectivity index (χ1v) is 14.5. The van der Waals surface area contributed by atoms with Gasteiger partial charge in [-0.15, -0.1) is 0 Å². The molecule has 0 saturated heterocycles. The van der Waals surface area contributed by atoms with Gasteiger partial charge in [-0.2, -0.15) is 0 Å². The van der Waals surface area contributed by atoms with Crippen LogP contribution >= 0.6 is 0 Å². The molecule has 4 rings (SSSR count). The summed E-state index contributed by atoms with van der Waals surface area (Å²) in [5.74, 6) is -6.26. The van der Waals surface area contributed by atoms with Crippen molar-refractivity contribution in [3.63, 3.8) is 0 Å². The highest BCUT2D eigenvalue weighted by molar-refractivity contribution is 6.21. The highest BCUT2D eigenvalue weighted by atomic mass is 16.6. The van der Waals surface area contributed by atoms with Gasteiger partial charge in [-0.1, -0.05) is 105 Å². The molecule has 4 aromatic carbocycles. The van der Waals surface area contributed by atoms with Gasteiger partial charge >= 0.3 is 23.9 Å². The number of esters is 4. The number of unbranched alkanes of at least 4 members (excludes halogenated alkanes) is 3. The third kappa shape index (κ3) is 7.98. The van der Waals surface area contributed by atoms with Crippen molar-refractivity contribution in [2.24, 2.45) is 11.3 Å². The van der Waals surface area contributed by atoms with Crippen molar-refractivity contribution in [1.29, 1.82) is 0 Å². The van der Waals surface area contributed by atoms with Crippen LogP contribution in [0.2, 0.25) is 0 Å². The summed E-state index contributed by atoms with van der Waals surface area (Å²) >= 11 is 0. The Morgan fingerprint density at radius 3 is 1.18 bits per heavy atom. The molecular weight excluding hydrogens is 560 g/mol.